The SMILES string of the molecule is C[C@H](N)[C@H]1C(=O)N2[C@@H](C(=O)O)C(C)(C)S(=O)(=O)[C@H]12. The number of rotatable bonds is 2. The summed E-state index contributed by atoms with van der Waals surface area (Å²) in [7, 11) is -3.74. The quantitative estimate of drug-likeness (QED) is 0.610. The fourth-order valence-corrected chi connectivity index (χ4v) is 5.25. The van der Waals surface area contributed by atoms with Gasteiger partial charge in [0.15, 0.2) is 9.84 Å². The van der Waals surface area contributed by atoms with Gasteiger partial charge in [0.05, 0.1) is 10.7 Å². The molecule has 0 saturated carbocycles. The molecule has 0 bridgehead atoms. The van der Waals surface area contributed by atoms with E-state index in [0.717, 1.165) is 4.90 Å². The molecule has 0 aromatic rings. The molecular weight excluding hydrogens is 260 g/mol. The highest BCUT2D eigenvalue weighted by Gasteiger charge is 2.72. The molecule has 3 N–H and O–H groups in total. The molecule has 2 heterocycles. The molecule has 1 amide bonds. The number of hydrogen-bond donors (Lipinski definition) is 2. The van der Waals surface area contributed by atoms with Crippen LogP contribution in [0.2, 0.25) is 0 Å². The molecule has 2 saturated heterocycles. The maximum Gasteiger partial charge on any atom is 0.328 e. The molecule has 0 aliphatic carbocycles. The first kappa shape index (κ1) is 13.3. The molecule has 2 aliphatic heterocycles. The average Bonchev–Trinajstić information content (AvgIpc) is 2.31. The number of carboxylic acids is 1. The second-order valence-electron chi connectivity index (χ2n) is 5.41. The Hall–Kier alpha value is -1.15. The highest BCUT2D eigenvalue weighted by Crippen LogP contribution is 2.49. The van der Waals surface area contributed by atoms with Crippen molar-refractivity contribution in [2.45, 2.75) is 43.0 Å². The Kier molecular flexibility index (Phi) is 2.54. The van der Waals surface area contributed by atoms with E-state index in [9.17, 15) is 18.0 Å². The number of carbonyl (C=O) groups excluding carboxylic acids is 1. The van der Waals surface area contributed by atoms with Crippen molar-refractivity contribution in [2.75, 3.05) is 0 Å². The summed E-state index contributed by atoms with van der Waals surface area (Å²) < 4.78 is 23.2. The minimum Gasteiger partial charge on any atom is -0.480 e. The van der Waals surface area contributed by atoms with Crippen LogP contribution in [0, 0.1) is 5.92 Å². The van der Waals surface area contributed by atoms with Gasteiger partial charge in [-0.1, -0.05) is 0 Å². The third-order valence-electron chi connectivity index (χ3n) is 3.91. The molecule has 4 atom stereocenters. The van der Waals surface area contributed by atoms with Crippen molar-refractivity contribution in [3.63, 3.8) is 0 Å². The number of amides is 1. The fourth-order valence-electron chi connectivity index (χ4n) is 2.83. The fraction of sp³-hybridized carbons (Fsp3) is 0.800. The zero-order valence-corrected chi connectivity index (χ0v) is 11.1. The Labute approximate surface area is 105 Å². The molecule has 0 aromatic heterocycles. The normalized spacial score (nSPS) is 37.9. The third-order valence-corrected chi connectivity index (χ3v) is 6.76. The number of β-lactam (4-membered cyclic amide) rings is 1. The number of sulfone groups is 1. The highest BCUT2D eigenvalue weighted by atomic mass is 32.2. The van der Waals surface area contributed by atoms with Crippen molar-refractivity contribution >= 4 is 21.7 Å². The predicted octanol–water partition coefficient (Wildman–Crippen LogP) is -1.22. The van der Waals surface area contributed by atoms with Crippen LogP contribution in [0.25, 0.3) is 0 Å². The number of carbonyl (C=O) groups is 2. The summed E-state index contributed by atoms with van der Waals surface area (Å²) in [6.07, 6.45) is 0. The summed E-state index contributed by atoms with van der Waals surface area (Å²) in [6, 6.07) is -1.95. The molecule has 2 rings (SSSR count). The van der Waals surface area contributed by atoms with Gasteiger partial charge in [-0.05, 0) is 20.8 Å². The molecule has 18 heavy (non-hydrogen) atoms. The van der Waals surface area contributed by atoms with Gasteiger partial charge in [-0.15, -0.1) is 0 Å². The number of fused-ring (bicyclic) bond motifs is 1. The van der Waals surface area contributed by atoms with Crippen LogP contribution in [0.5, 0.6) is 0 Å². The molecule has 102 valence electrons. The largest absolute Gasteiger partial charge is 0.480 e. The lowest BCUT2D eigenvalue weighted by Crippen LogP contribution is -2.67. The van der Waals surface area contributed by atoms with Gasteiger partial charge < -0.3 is 15.7 Å². The van der Waals surface area contributed by atoms with E-state index in [4.69, 9.17) is 10.8 Å². The van der Waals surface area contributed by atoms with E-state index >= 15 is 0 Å². The molecule has 0 aromatic carbocycles. The van der Waals surface area contributed by atoms with Crippen molar-refractivity contribution in [3.8, 4) is 0 Å². The van der Waals surface area contributed by atoms with Crippen LogP contribution >= 0.6 is 0 Å². The summed E-state index contributed by atoms with van der Waals surface area (Å²) in [5.41, 5.74) is 5.62. The maximum absolute atomic E-state index is 12.3. The second kappa shape index (κ2) is 3.45. The van der Waals surface area contributed by atoms with E-state index < -0.39 is 49.8 Å². The monoisotopic (exact) mass is 276 g/mol. The van der Waals surface area contributed by atoms with Crippen molar-refractivity contribution < 1.29 is 23.1 Å². The Balaban J connectivity index is 2.56. The van der Waals surface area contributed by atoms with E-state index in [-0.39, 0.29) is 0 Å². The molecule has 2 fully saturated rings. The molecule has 2 aliphatic rings. The minimum absolute atomic E-state index is 0.489. The Bertz CT molecular complexity index is 524. The lowest BCUT2D eigenvalue weighted by Gasteiger charge is -2.44. The molecule has 0 unspecified atom stereocenters. The molecule has 0 radical (unpaired) electrons. The Morgan fingerprint density at radius 3 is 2.39 bits per heavy atom. The van der Waals surface area contributed by atoms with E-state index in [1.165, 1.54) is 13.8 Å². The number of nitrogens with zero attached hydrogens (tertiary/aromatic N) is 1. The molecule has 7 nitrogen and oxygen atoms in total. The summed E-state index contributed by atoms with van der Waals surface area (Å²) in [6.45, 7) is 4.23. The maximum atomic E-state index is 12.3. The second-order valence-corrected chi connectivity index (χ2v) is 8.04. The van der Waals surface area contributed by atoms with E-state index in [0.29, 0.717) is 0 Å². The number of carboxylic acid groups (broad SMARTS) is 1. The van der Waals surface area contributed by atoms with Crippen molar-refractivity contribution in [1.29, 1.82) is 0 Å². The molecule has 8 heteroatoms. The van der Waals surface area contributed by atoms with Crippen LogP contribution < -0.4 is 5.73 Å². The number of nitrogens with two attached hydrogens (primary N) is 1. The van der Waals surface area contributed by atoms with Crippen LogP contribution in [0.3, 0.4) is 0 Å². The Morgan fingerprint density at radius 1 is 1.50 bits per heavy atom. The lowest BCUT2D eigenvalue weighted by atomic mass is 9.87. The van der Waals surface area contributed by atoms with Crippen molar-refractivity contribution in [2.24, 2.45) is 11.7 Å². The van der Waals surface area contributed by atoms with Crippen LogP contribution in [0.1, 0.15) is 20.8 Å². The van der Waals surface area contributed by atoms with E-state index in [1.807, 2.05) is 0 Å². The summed E-state index contributed by atoms with van der Waals surface area (Å²) >= 11 is 0. The van der Waals surface area contributed by atoms with Gasteiger partial charge in [-0.2, -0.15) is 0 Å². The first-order valence-electron chi connectivity index (χ1n) is 5.59. The van der Waals surface area contributed by atoms with Gasteiger partial charge in [0, 0.05) is 6.04 Å². The summed E-state index contributed by atoms with van der Waals surface area (Å²) in [4.78, 5) is 24.1. The van der Waals surface area contributed by atoms with Gasteiger partial charge in [0.2, 0.25) is 5.91 Å². The van der Waals surface area contributed by atoms with Gasteiger partial charge in [-0.25, -0.2) is 13.2 Å². The van der Waals surface area contributed by atoms with Crippen molar-refractivity contribution in [1.82, 2.24) is 4.90 Å². The van der Waals surface area contributed by atoms with Gasteiger partial charge >= 0.3 is 5.97 Å². The van der Waals surface area contributed by atoms with Crippen molar-refractivity contribution in [3.05, 3.63) is 0 Å². The van der Waals surface area contributed by atoms with Crippen LogP contribution in [-0.2, 0) is 19.4 Å². The summed E-state index contributed by atoms with van der Waals surface area (Å²) in [5, 5.41) is 8.06. The number of aliphatic carboxylic acids is 1. The van der Waals surface area contributed by atoms with E-state index in [1.54, 1.807) is 6.92 Å². The zero-order chi connectivity index (χ0) is 14.0. The topological polar surface area (TPSA) is 118 Å². The molecule has 0 spiro atoms. The Morgan fingerprint density at radius 2 is 2.00 bits per heavy atom. The predicted molar refractivity (Wildman–Crippen MR) is 62.2 cm³/mol. The summed E-state index contributed by atoms with van der Waals surface area (Å²) in [5.74, 6) is -2.63. The first-order valence-corrected chi connectivity index (χ1v) is 7.13. The third kappa shape index (κ3) is 1.24. The minimum atomic E-state index is -3.74. The van der Waals surface area contributed by atoms with E-state index in [2.05, 4.69) is 0 Å². The smallest absolute Gasteiger partial charge is 0.328 e. The van der Waals surface area contributed by atoms with Gasteiger partial charge in [-0.3, -0.25) is 4.79 Å². The lowest BCUT2D eigenvalue weighted by molar-refractivity contribution is -0.164. The highest BCUT2D eigenvalue weighted by molar-refractivity contribution is 7.93. The van der Waals surface area contributed by atoms with Gasteiger partial charge in [0.25, 0.3) is 0 Å². The first-order chi connectivity index (χ1) is 8.05. The van der Waals surface area contributed by atoms with Crippen LogP contribution in [-0.4, -0.2) is 52.5 Å². The molecular formula is C10H16N2O5S. The van der Waals surface area contributed by atoms with Crippen LogP contribution in [0.15, 0.2) is 0 Å². The average molecular weight is 276 g/mol. The number of hydrogen-bond acceptors (Lipinski definition) is 5. The van der Waals surface area contributed by atoms with Crippen LogP contribution in [0.4, 0.5) is 0 Å². The van der Waals surface area contributed by atoms with Gasteiger partial charge in [0.1, 0.15) is 11.4 Å². The standard InChI is InChI=1S/C10H16N2O5S/c1-4(11)5-7(13)12-6(9(14)15)10(2,3)18(16,17)8(5)12/h4-6,8H,11H2,1-3H3,(H,14,15)/t4-,5-,6-,8+/m0/s1. The zero-order valence-electron chi connectivity index (χ0n) is 10.3.